The number of aromatic nitrogens is 1. The van der Waals surface area contributed by atoms with Gasteiger partial charge in [0, 0.05) is 10.9 Å². The van der Waals surface area contributed by atoms with Gasteiger partial charge in [-0.05, 0) is 30.9 Å². The number of hydrogen-bond donors (Lipinski definition) is 0. The van der Waals surface area contributed by atoms with Gasteiger partial charge in [-0.25, -0.2) is 4.98 Å². The Morgan fingerprint density at radius 3 is 2.94 bits per heavy atom. The molecule has 92 valence electrons. The SMILES string of the molecule is CC(C)CCc1nc(-c2cccc(C#N)c2)cs1. The van der Waals surface area contributed by atoms with Crippen molar-refractivity contribution in [1.82, 2.24) is 4.98 Å². The van der Waals surface area contributed by atoms with Gasteiger partial charge in [-0.15, -0.1) is 11.3 Å². The van der Waals surface area contributed by atoms with Crippen molar-refractivity contribution in [3.8, 4) is 17.3 Å². The van der Waals surface area contributed by atoms with E-state index in [1.165, 1.54) is 11.4 Å². The van der Waals surface area contributed by atoms with Crippen LogP contribution in [-0.2, 0) is 6.42 Å². The molecule has 0 aliphatic rings. The molecule has 0 saturated heterocycles. The fourth-order valence-electron chi connectivity index (χ4n) is 1.72. The number of hydrogen-bond acceptors (Lipinski definition) is 3. The molecule has 1 heterocycles. The van der Waals surface area contributed by atoms with E-state index in [0.717, 1.165) is 17.7 Å². The first-order chi connectivity index (χ1) is 8.69. The molecular formula is C15H16N2S. The average molecular weight is 256 g/mol. The zero-order valence-corrected chi connectivity index (χ0v) is 11.5. The van der Waals surface area contributed by atoms with Gasteiger partial charge in [0.15, 0.2) is 0 Å². The van der Waals surface area contributed by atoms with Crippen LogP contribution in [0.1, 0.15) is 30.8 Å². The molecule has 0 aliphatic carbocycles. The second kappa shape index (κ2) is 5.79. The van der Waals surface area contributed by atoms with Gasteiger partial charge in [-0.1, -0.05) is 26.0 Å². The van der Waals surface area contributed by atoms with Crippen LogP contribution in [0.15, 0.2) is 29.6 Å². The quantitative estimate of drug-likeness (QED) is 0.819. The van der Waals surface area contributed by atoms with Gasteiger partial charge in [-0.2, -0.15) is 5.26 Å². The van der Waals surface area contributed by atoms with E-state index in [1.807, 2.05) is 24.3 Å². The Kier molecular flexibility index (Phi) is 4.11. The fourth-order valence-corrected chi connectivity index (χ4v) is 2.54. The highest BCUT2D eigenvalue weighted by atomic mass is 32.1. The van der Waals surface area contributed by atoms with Crippen molar-refractivity contribution < 1.29 is 0 Å². The van der Waals surface area contributed by atoms with E-state index in [1.54, 1.807) is 11.3 Å². The number of thiazole rings is 1. The van der Waals surface area contributed by atoms with E-state index in [9.17, 15) is 0 Å². The zero-order valence-electron chi connectivity index (χ0n) is 10.7. The third kappa shape index (κ3) is 3.18. The maximum Gasteiger partial charge on any atom is 0.0991 e. The number of benzene rings is 1. The Labute approximate surface area is 112 Å². The minimum atomic E-state index is 0.684. The first kappa shape index (κ1) is 12.8. The maximum atomic E-state index is 8.89. The molecule has 3 heteroatoms. The lowest BCUT2D eigenvalue weighted by molar-refractivity contribution is 0.585. The van der Waals surface area contributed by atoms with Crippen molar-refractivity contribution in [2.75, 3.05) is 0 Å². The average Bonchev–Trinajstić information content (AvgIpc) is 2.85. The zero-order chi connectivity index (χ0) is 13.0. The molecule has 0 N–H and O–H groups in total. The first-order valence-electron chi connectivity index (χ1n) is 6.14. The highest BCUT2D eigenvalue weighted by Crippen LogP contribution is 2.23. The van der Waals surface area contributed by atoms with Crippen LogP contribution in [0.2, 0.25) is 0 Å². The van der Waals surface area contributed by atoms with Crippen molar-refractivity contribution in [2.24, 2.45) is 5.92 Å². The minimum Gasteiger partial charge on any atom is -0.241 e. The van der Waals surface area contributed by atoms with E-state index >= 15 is 0 Å². The Morgan fingerprint density at radius 1 is 1.39 bits per heavy atom. The van der Waals surface area contributed by atoms with Crippen molar-refractivity contribution in [1.29, 1.82) is 5.26 Å². The number of nitriles is 1. The molecule has 2 rings (SSSR count). The molecule has 0 fully saturated rings. The maximum absolute atomic E-state index is 8.89. The second-order valence-corrected chi connectivity index (χ2v) is 5.69. The van der Waals surface area contributed by atoms with Gasteiger partial charge in [-0.3, -0.25) is 0 Å². The molecule has 2 nitrogen and oxygen atoms in total. The normalized spacial score (nSPS) is 10.6. The molecule has 0 aliphatic heterocycles. The monoisotopic (exact) mass is 256 g/mol. The predicted molar refractivity (Wildman–Crippen MR) is 75.4 cm³/mol. The summed E-state index contributed by atoms with van der Waals surface area (Å²) < 4.78 is 0. The Hall–Kier alpha value is -1.66. The van der Waals surface area contributed by atoms with E-state index in [2.05, 4.69) is 30.3 Å². The lowest BCUT2D eigenvalue weighted by Crippen LogP contribution is -1.91. The minimum absolute atomic E-state index is 0.684. The molecule has 0 radical (unpaired) electrons. The van der Waals surface area contributed by atoms with Crippen molar-refractivity contribution >= 4 is 11.3 Å². The molecule has 18 heavy (non-hydrogen) atoms. The first-order valence-corrected chi connectivity index (χ1v) is 7.02. The van der Waals surface area contributed by atoms with Crippen molar-refractivity contribution in [3.05, 3.63) is 40.2 Å². The Bertz CT molecular complexity index is 564. The summed E-state index contributed by atoms with van der Waals surface area (Å²) >= 11 is 1.71. The molecule has 0 saturated carbocycles. The highest BCUT2D eigenvalue weighted by molar-refractivity contribution is 7.09. The summed E-state index contributed by atoms with van der Waals surface area (Å²) in [6.07, 6.45) is 2.21. The smallest absolute Gasteiger partial charge is 0.0991 e. The van der Waals surface area contributed by atoms with Gasteiger partial charge in [0.1, 0.15) is 0 Å². The second-order valence-electron chi connectivity index (χ2n) is 4.75. The van der Waals surface area contributed by atoms with Gasteiger partial charge >= 0.3 is 0 Å². The molecule has 0 bridgehead atoms. The number of rotatable bonds is 4. The molecule has 1 aromatic carbocycles. The summed E-state index contributed by atoms with van der Waals surface area (Å²) in [5.74, 6) is 0.708. The topological polar surface area (TPSA) is 36.7 Å². The summed E-state index contributed by atoms with van der Waals surface area (Å²) in [6, 6.07) is 9.77. The van der Waals surface area contributed by atoms with Crippen LogP contribution >= 0.6 is 11.3 Å². The molecule has 2 aromatic rings. The summed E-state index contributed by atoms with van der Waals surface area (Å²) in [5, 5.41) is 12.1. The molecule has 0 unspecified atom stereocenters. The Balaban J connectivity index is 2.16. The van der Waals surface area contributed by atoms with Crippen LogP contribution in [0.4, 0.5) is 0 Å². The van der Waals surface area contributed by atoms with Crippen LogP contribution in [0, 0.1) is 17.2 Å². The van der Waals surface area contributed by atoms with E-state index in [4.69, 9.17) is 5.26 Å². The Morgan fingerprint density at radius 2 is 2.22 bits per heavy atom. The third-order valence-corrected chi connectivity index (χ3v) is 3.68. The van der Waals surface area contributed by atoms with Crippen LogP contribution in [0.5, 0.6) is 0 Å². The van der Waals surface area contributed by atoms with Crippen molar-refractivity contribution in [2.45, 2.75) is 26.7 Å². The summed E-state index contributed by atoms with van der Waals surface area (Å²) in [7, 11) is 0. The highest BCUT2D eigenvalue weighted by Gasteiger charge is 2.06. The van der Waals surface area contributed by atoms with E-state index in [-0.39, 0.29) is 0 Å². The summed E-state index contributed by atoms with van der Waals surface area (Å²) in [6.45, 7) is 4.45. The molecule has 1 aromatic heterocycles. The van der Waals surface area contributed by atoms with Crippen LogP contribution in [0.3, 0.4) is 0 Å². The van der Waals surface area contributed by atoms with Gasteiger partial charge in [0.05, 0.1) is 22.3 Å². The largest absolute Gasteiger partial charge is 0.241 e. The predicted octanol–water partition coefficient (Wildman–Crippen LogP) is 4.27. The van der Waals surface area contributed by atoms with Gasteiger partial charge < -0.3 is 0 Å². The van der Waals surface area contributed by atoms with E-state index in [0.29, 0.717) is 11.5 Å². The third-order valence-electron chi connectivity index (χ3n) is 2.77. The van der Waals surface area contributed by atoms with Gasteiger partial charge in [0.25, 0.3) is 0 Å². The number of nitrogens with zero attached hydrogens (tertiary/aromatic N) is 2. The lowest BCUT2D eigenvalue weighted by Gasteiger charge is -2.00. The summed E-state index contributed by atoms with van der Waals surface area (Å²) in [4.78, 5) is 4.64. The van der Waals surface area contributed by atoms with Gasteiger partial charge in [0.2, 0.25) is 0 Å². The van der Waals surface area contributed by atoms with Crippen molar-refractivity contribution in [3.63, 3.8) is 0 Å². The van der Waals surface area contributed by atoms with E-state index < -0.39 is 0 Å². The lowest BCUT2D eigenvalue weighted by atomic mass is 10.1. The van der Waals surface area contributed by atoms with Crippen LogP contribution < -0.4 is 0 Å². The summed E-state index contributed by atoms with van der Waals surface area (Å²) in [5.41, 5.74) is 2.70. The molecular weight excluding hydrogens is 240 g/mol. The standard InChI is InChI=1S/C15H16N2S/c1-11(2)6-7-15-17-14(10-18-15)13-5-3-4-12(8-13)9-16/h3-5,8,10-11H,6-7H2,1-2H3. The van der Waals surface area contributed by atoms with Crippen LogP contribution in [-0.4, -0.2) is 4.98 Å². The molecule has 0 spiro atoms. The number of aryl methyl sites for hydroxylation is 1. The van der Waals surface area contributed by atoms with Crippen LogP contribution in [0.25, 0.3) is 11.3 Å². The fraction of sp³-hybridized carbons (Fsp3) is 0.333. The molecule has 0 atom stereocenters. The molecule has 0 amide bonds.